The van der Waals surface area contributed by atoms with Gasteiger partial charge in [-0.3, -0.25) is 4.79 Å². The Bertz CT molecular complexity index is 276. The Hall–Kier alpha value is -1.30. The van der Waals surface area contributed by atoms with E-state index in [0.717, 1.165) is 32.5 Å². The van der Waals surface area contributed by atoms with Crippen molar-refractivity contribution in [1.29, 1.82) is 0 Å². The average molecular weight is 257 g/mol. The molecule has 0 aromatic carbocycles. The molecule has 1 atom stereocenters. The molecular formula is C12H23N3O3. The normalized spacial score (nSPS) is 17.9. The average Bonchev–Trinajstić information content (AvgIpc) is 2.62. The summed E-state index contributed by atoms with van der Waals surface area (Å²) < 4.78 is 0. The summed E-state index contributed by atoms with van der Waals surface area (Å²) in [5, 5.41) is 14.9. The first-order chi connectivity index (χ1) is 8.65. The Labute approximate surface area is 108 Å². The number of aliphatic carboxylic acids is 1. The van der Waals surface area contributed by atoms with E-state index in [0.29, 0.717) is 13.0 Å². The molecule has 1 aliphatic rings. The van der Waals surface area contributed by atoms with E-state index in [9.17, 15) is 9.59 Å². The zero-order valence-electron chi connectivity index (χ0n) is 10.9. The highest BCUT2D eigenvalue weighted by Crippen LogP contribution is 2.05. The van der Waals surface area contributed by atoms with Crippen LogP contribution in [0.2, 0.25) is 0 Å². The number of nitrogens with one attached hydrogen (secondary N) is 2. The molecule has 3 N–H and O–H groups in total. The predicted octanol–water partition coefficient (Wildman–Crippen LogP) is 0.492. The molecule has 1 saturated heterocycles. The van der Waals surface area contributed by atoms with Crippen molar-refractivity contribution in [2.24, 2.45) is 5.92 Å². The van der Waals surface area contributed by atoms with Gasteiger partial charge in [-0.15, -0.1) is 0 Å². The van der Waals surface area contributed by atoms with Crippen LogP contribution in [-0.2, 0) is 4.79 Å². The number of rotatable bonds is 5. The van der Waals surface area contributed by atoms with Gasteiger partial charge in [0.1, 0.15) is 0 Å². The minimum atomic E-state index is -0.838. The lowest BCUT2D eigenvalue weighted by atomic mass is 10.0. The SMILES string of the molecule is CCCC(CNC(=O)N1CCCNCC1)C(=O)O. The van der Waals surface area contributed by atoms with Crippen LogP contribution >= 0.6 is 0 Å². The standard InChI is InChI=1S/C12H23N3O3/c1-2-4-10(11(16)17)9-14-12(18)15-7-3-5-13-6-8-15/h10,13H,2-9H2,1H3,(H,14,18)(H,16,17). The Kier molecular flexibility index (Phi) is 6.49. The molecule has 0 radical (unpaired) electrons. The summed E-state index contributed by atoms with van der Waals surface area (Å²) in [4.78, 5) is 24.6. The number of amides is 2. The number of hydrogen-bond donors (Lipinski definition) is 3. The molecule has 18 heavy (non-hydrogen) atoms. The Balaban J connectivity index is 2.35. The fourth-order valence-corrected chi connectivity index (χ4v) is 2.03. The van der Waals surface area contributed by atoms with Gasteiger partial charge in [-0.25, -0.2) is 4.79 Å². The molecule has 0 aromatic heterocycles. The second-order valence-corrected chi connectivity index (χ2v) is 4.60. The lowest BCUT2D eigenvalue weighted by Crippen LogP contribution is -2.44. The summed E-state index contributed by atoms with van der Waals surface area (Å²) >= 11 is 0. The number of carbonyl (C=O) groups is 2. The van der Waals surface area contributed by atoms with Crippen molar-refractivity contribution in [2.45, 2.75) is 26.2 Å². The van der Waals surface area contributed by atoms with Crippen LogP contribution in [0.25, 0.3) is 0 Å². The molecule has 0 saturated carbocycles. The van der Waals surface area contributed by atoms with Gasteiger partial charge in [0.25, 0.3) is 0 Å². The molecule has 0 bridgehead atoms. The number of carboxylic acid groups (broad SMARTS) is 1. The maximum Gasteiger partial charge on any atom is 0.317 e. The maximum atomic E-state index is 11.9. The Morgan fingerprint density at radius 2 is 2.17 bits per heavy atom. The zero-order chi connectivity index (χ0) is 13.4. The lowest BCUT2D eigenvalue weighted by molar-refractivity contribution is -0.141. The number of carboxylic acids is 1. The van der Waals surface area contributed by atoms with Gasteiger partial charge in [0.15, 0.2) is 0 Å². The van der Waals surface area contributed by atoms with E-state index in [1.807, 2.05) is 6.92 Å². The van der Waals surface area contributed by atoms with E-state index in [4.69, 9.17) is 5.11 Å². The molecule has 1 fully saturated rings. The fourth-order valence-electron chi connectivity index (χ4n) is 2.03. The van der Waals surface area contributed by atoms with Crippen LogP contribution in [0.5, 0.6) is 0 Å². The second kappa shape index (κ2) is 7.92. The van der Waals surface area contributed by atoms with Gasteiger partial charge in [-0.2, -0.15) is 0 Å². The van der Waals surface area contributed by atoms with Crippen molar-refractivity contribution < 1.29 is 14.7 Å². The van der Waals surface area contributed by atoms with Crippen LogP contribution in [0.1, 0.15) is 26.2 Å². The third kappa shape index (κ3) is 4.91. The summed E-state index contributed by atoms with van der Waals surface area (Å²) in [6.07, 6.45) is 2.34. The molecule has 1 unspecified atom stereocenters. The molecular weight excluding hydrogens is 234 g/mol. The summed E-state index contributed by atoms with van der Waals surface area (Å²) in [5.74, 6) is -1.32. The third-order valence-corrected chi connectivity index (χ3v) is 3.11. The minimum absolute atomic E-state index is 0.152. The summed E-state index contributed by atoms with van der Waals surface area (Å²) in [7, 11) is 0. The van der Waals surface area contributed by atoms with Crippen LogP contribution in [0.4, 0.5) is 4.79 Å². The molecule has 1 heterocycles. The van der Waals surface area contributed by atoms with Crippen molar-refractivity contribution in [1.82, 2.24) is 15.5 Å². The predicted molar refractivity (Wildman–Crippen MR) is 68.5 cm³/mol. The van der Waals surface area contributed by atoms with Crippen molar-refractivity contribution in [3.63, 3.8) is 0 Å². The van der Waals surface area contributed by atoms with Crippen molar-refractivity contribution in [3.05, 3.63) is 0 Å². The molecule has 0 spiro atoms. The molecule has 0 aliphatic carbocycles. The Morgan fingerprint density at radius 3 is 2.83 bits per heavy atom. The van der Waals surface area contributed by atoms with Gasteiger partial charge >= 0.3 is 12.0 Å². The van der Waals surface area contributed by atoms with Crippen LogP contribution < -0.4 is 10.6 Å². The van der Waals surface area contributed by atoms with Gasteiger partial charge in [-0.1, -0.05) is 13.3 Å². The topological polar surface area (TPSA) is 81.7 Å². The monoisotopic (exact) mass is 257 g/mol. The smallest absolute Gasteiger partial charge is 0.317 e. The van der Waals surface area contributed by atoms with Crippen molar-refractivity contribution in [2.75, 3.05) is 32.7 Å². The lowest BCUT2D eigenvalue weighted by Gasteiger charge is -2.21. The highest BCUT2D eigenvalue weighted by atomic mass is 16.4. The largest absolute Gasteiger partial charge is 0.481 e. The van der Waals surface area contributed by atoms with E-state index in [1.54, 1.807) is 4.90 Å². The van der Waals surface area contributed by atoms with E-state index >= 15 is 0 Å². The first-order valence-corrected chi connectivity index (χ1v) is 6.61. The number of urea groups is 1. The summed E-state index contributed by atoms with van der Waals surface area (Å²) in [6, 6.07) is -0.152. The van der Waals surface area contributed by atoms with E-state index in [1.165, 1.54) is 0 Å². The van der Waals surface area contributed by atoms with Crippen LogP contribution in [0.3, 0.4) is 0 Å². The number of hydrogen-bond acceptors (Lipinski definition) is 3. The van der Waals surface area contributed by atoms with Crippen LogP contribution in [0, 0.1) is 5.92 Å². The van der Waals surface area contributed by atoms with Gasteiger partial charge in [0.05, 0.1) is 5.92 Å². The molecule has 2 amide bonds. The van der Waals surface area contributed by atoms with Gasteiger partial charge in [0.2, 0.25) is 0 Å². The Morgan fingerprint density at radius 1 is 1.39 bits per heavy atom. The molecule has 104 valence electrons. The molecule has 1 aliphatic heterocycles. The fraction of sp³-hybridized carbons (Fsp3) is 0.833. The van der Waals surface area contributed by atoms with Gasteiger partial charge in [-0.05, 0) is 19.4 Å². The number of nitrogens with zero attached hydrogens (tertiary/aromatic N) is 1. The first-order valence-electron chi connectivity index (χ1n) is 6.61. The molecule has 6 heteroatoms. The molecule has 0 aromatic rings. The third-order valence-electron chi connectivity index (χ3n) is 3.11. The van der Waals surface area contributed by atoms with Gasteiger partial charge < -0.3 is 20.6 Å². The van der Waals surface area contributed by atoms with Gasteiger partial charge in [0, 0.05) is 26.2 Å². The van der Waals surface area contributed by atoms with E-state index in [2.05, 4.69) is 10.6 Å². The van der Waals surface area contributed by atoms with Crippen molar-refractivity contribution in [3.8, 4) is 0 Å². The van der Waals surface area contributed by atoms with Crippen LogP contribution in [0.15, 0.2) is 0 Å². The number of carbonyl (C=O) groups excluding carboxylic acids is 1. The summed E-state index contributed by atoms with van der Waals surface area (Å²) in [5.41, 5.74) is 0. The quantitative estimate of drug-likeness (QED) is 0.669. The first kappa shape index (κ1) is 14.8. The minimum Gasteiger partial charge on any atom is -0.481 e. The van der Waals surface area contributed by atoms with Crippen LogP contribution in [-0.4, -0.2) is 54.7 Å². The zero-order valence-corrected chi connectivity index (χ0v) is 10.9. The van der Waals surface area contributed by atoms with E-state index < -0.39 is 11.9 Å². The van der Waals surface area contributed by atoms with E-state index in [-0.39, 0.29) is 12.6 Å². The molecule has 6 nitrogen and oxygen atoms in total. The highest BCUT2D eigenvalue weighted by Gasteiger charge is 2.20. The maximum absolute atomic E-state index is 11.9. The summed E-state index contributed by atoms with van der Waals surface area (Å²) in [6.45, 7) is 5.29. The van der Waals surface area contributed by atoms with Crippen molar-refractivity contribution >= 4 is 12.0 Å². The second-order valence-electron chi connectivity index (χ2n) is 4.60. The highest BCUT2D eigenvalue weighted by molar-refractivity contribution is 5.76. The molecule has 1 rings (SSSR count).